The number of amides is 1. The molecule has 1 amide bonds. The van der Waals surface area contributed by atoms with Crippen LogP contribution in [0.3, 0.4) is 0 Å². The predicted octanol–water partition coefficient (Wildman–Crippen LogP) is 2.61. The van der Waals surface area contributed by atoms with Crippen molar-refractivity contribution in [2.24, 2.45) is 0 Å². The fourth-order valence-corrected chi connectivity index (χ4v) is 4.87. The first-order valence-electron chi connectivity index (χ1n) is 8.47. The summed E-state index contributed by atoms with van der Waals surface area (Å²) in [7, 11) is 0. The normalized spacial score (nSPS) is 28.5. The van der Waals surface area contributed by atoms with E-state index in [1.54, 1.807) is 0 Å². The third-order valence-corrected chi connectivity index (χ3v) is 6.40. The molecule has 3 saturated heterocycles. The Hall–Kier alpha value is -0.910. The van der Waals surface area contributed by atoms with E-state index in [2.05, 4.69) is 4.90 Å². The van der Waals surface area contributed by atoms with Crippen LogP contribution in [0.4, 0.5) is 0 Å². The molecular weight excluding hydrogens is 296 g/mol. The number of ether oxygens (including phenoxy) is 1. The van der Waals surface area contributed by atoms with Gasteiger partial charge in [-0.1, -0.05) is 6.07 Å². The van der Waals surface area contributed by atoms with Crippen LogP contribution >= 0.6 is 11.3 Å². The molecule has 0 unspecified atom stereocenters. The van der Waals surface area contributed by atoms with Crippen LogP contribution in [0.5, 0.6) is 0 Å². The highest BCUT2D eigenvalue weighted by Gasteiger charge is 2.45. The molecule has 3 aliphatic rings. The van der Waals surface area contributed by atoms with E-state index in [1.165, 1.54) is 37.3 Å². The molecule has 4 nitrogen and oxygen atoms in total. The van der Waals surface area contributed by atoms with E-state index in [4.69, 9.17) is 4.74 Å². The molecule has 0 aliphatic carbocycles. The van der Waals surface area contributed by atoms with Gasteiger partial charge >= 0.3 is 0 Å². The number of carbonyl (C=O) groups is 1. The molecule has 1 atom stereocenters. The van der Waals surface area contributed by atoms with E-state index in [-0.39, 0.29) is 11.5 Å². The Bertz CT molecular complexity index is 517. The van der Waals surface area contributed by atoms with Crippen LogP contribution < -0.4 is 0 Å². The Kier molecular flexibility index (Phi) is 3.96. The van der Waals surface area contributed by atoms with Gasteiger partial charge in [0.2, 0.25) is 0 Å². The molecule has 1 spiro atoms. The highest BCUT2D eigenvalue weighted by atomic mass is 32.1. The van der Waals surface area contributed by atoms with Crippen molar-refractivity contribution in [2.45, 2.75) is 43.7 Å². The third-order valence-electron chi connectivity index (χ3n) is 5.54. The summed E-state index contributed by atoms with van der Waals surface area (Å²) >= 11 is 1.54. The largest absolute Gasteiger partial charge is 0.373 e. The molecule has 22 heavy (non-hydrogen) atoms. The van der Waals surface area contributed by atoms with Crippen LogP contribution in [-0.2, 0) is 4.74 Å². The molecule has 120 valence electrons. The number of thiophene rings is 1. The molecule has 4 heterocycles. The first-order valence-corrected chi connectivity index (χ1v) is 9.35. The maximum Gasteiger partial charge on any atom is 0.263 e. The minimum absolute atomic E-state index is 0.0412. The number of hydrogen-bond acceptors (Lipinski definition) is 4. The number of likely N-dealkylation sites (tertiary alicyclic amines) is 2. The maximum atomic E-state index is 12.4. The van der Waals surface area contributed by atoms with E-state index in [0.29, 0.717) is 6.04 Å². The summed E-state index contributed by atoms with van der Waals surface area (Å²) in [6.07, 6.45) is 5.83. The quantitative estimate of drug-likeness (QED) is 0.840. The van der Waals surface area contributed by atoms with E-state index in [1.807, 2.05) is 22.4 Å². The van der Waals surface area contributed by atoms with Crippen molar-refractivity contribution in [1.29, 1.82) is 0 Å². The van der Waals surface area contributed by atoms with Crippen LogP contribution in [0, 0.1) is 0 Å². The van der Waals surface area contributed by atoms with Gasteiger partial charge in [-0.25, -0.2) is 0 Å². The molecule has 3 aliphatic heterocycles. The van der Waals surface area contributed by atoms with Gasteiger partial charge in [0.05, 0.1) is 17.1 Å². The van der Waals surface area contributed by atoms with Crippen LogP contribution in [-0.4, -0.2) is 60.1 Å². The van der Waals surface area contributed by atoms with Crippen molar-refractivity contribution in [1.82, 2.24) is 9.80 Å². The Morgan fingerprint density at radius 2 is 2.00 bits per heavy atom. The molecule has 0 saturated carbocycles. The second-order valence-corrected chi connectivity index (χ2v) is 7.81. The standard InChI is InChI=1S/C17H24N2O2S/c20-16(15-4-3-11-22-15)19-9-5-17(6-10-19)12-14(13-21-17)18-7-1-2-8-18/h3-4,11,14H,1-2,5-10,12-13H2/t14-/m0/s1. The summed E-state index contributed by atoms with van der Waals surface area (Å²) in [4.78, 5) is 17.9. The highest BCUT2D eigenvalue weighted by Crippen LogP contribution is 2.38. The second-order valence-electron chi connectivity index (χ2n) is 6.86. The molecule has 5 heteroatoms. The SMILES string of the molecule is O=C(c1cccs1)N1CCC2(CC1)C[C@H](N1CCCC1)CO2. The van der Waals surface area contributed by atoms with Gasteiger partial charge in [-0.05, 0) is 56.6 Å². The van der Waals surface area contributed by atoms with Gasteiger partial charge in [-0.2, -0.15) is 0 Å². The number of carbonyl (C=O) groups excluding carboxylic acids is 1. The van der Waals surface area contributed by atoms with Gasteiger partial charge in [0.15, 0.2) is 0 Å². The maximum absolute atomic E-state index is 12.4. The number of nitrogens with zero attached hydrogens (tertiary/aromatic N) is 2. The highest BCUT2D eigenvalue weighted by molar-refractivity contribution is 7.12. The number of hydrogen-bond donors (Lipinski definition) is 0. The number of rotatable bonds is 2. The van der Waals surface area contributed by atoms with E-state index in [9.17, 15) is 4.79 Å². The minimum atomic E-state index is 0.0412. The van der Waals surface area contributed by atoms with Crippen molar-refractivity contribution in [2.75, 3.05) is 32.8 Å². The van der Waals surface area contributed by atoms with Gasteiger partial charge in [-0.3, -0.25) is 9.69 Å². The lowest BCUT2D eigenvalue weighted by Crippen LogP contribution is -2.47. The predicted molar refractivity (Wildman–Crippen MR) is 87.4 cm³/mol. The summed E-state index contributed by atoms with van der Waals surface area (Å²) in [6.45, 7) is 5.05. The molecule has 1 aromatic rings. The van der Waals surface area contributed by atoms with Crippen molar-refractivity contribution in [3.05, 3.63) is 22.4 Å². The van der Waals surface area contributed by atoms with Crippen molar-refractivity contribution >= 4 is 17.2 Å². The Morgan fingerprint density at radius 3 is 2.68 bits per heavy atom. The molecule has 0 bridgehead atoms. The zero-order valence-corrected chi connectivity index (χ0v) is 13.8. The lowest BCUT2D eigenvalue weighted by atomic mass is 9.87. The van der Waals surface area contributed by atoms with Crippen LogP contribution in [0.1, 0.15) is 41.8 Å². The lowest BCUT2D eigenvalue weighted by molar-refractivity contribution is -0.0392. The summed E-state index contributed by atoms with van der Waals surface area (Å²) in [5, 5.41) is 1.97. The fourth-order valence-electron chi connectivity index (χ4n) is 4.18. The fraction of sp³-hybridized carbons (Fsp3) is 0.706. The summed E-state index contributed by atoms with van der Waals surface area (Å²) in [6, 6.07) is 4.48. The van der Waals surface area contributed by atoms with Crippen LogP contribution in [0.2, 0.25) is 0 Å². The van der Waals surface area contributed by atoms with E-state index >= 15 is 0 Å². The Morgan fingerprint density at radius 1 is 1.23 bits per heavy atom. The van der Waals surface area contributed by atoms with Gasteiger partial charge in [0.25, 0.3) is 5.91 Å². The average molecular weight is 320 g/mol. The lowest BCUT2D eigenvalue weighted by Gasteiger charge is -2.38. The first-order chi connectivity index (χ1) is 10.8. The van der Waals surface area contributed by atoms with Gasteiger partial charge in [-0.15, -0.1) is 11.3 Å². The van der Waals surface area contributed by atoms with Crippen molar-refractivity contribution in [3.8, 4) is 0 Å². The van der Waals surface area contributed by atoms with Crippen molar-refractivity contribution < 1.29 is 9.53 Å². The number of piperidine rings is 1. The monoisotopic (exact) mass is 320 g/mol. The molecular formula is C17H24N2O2S. The third kappa shape index (κ3) is 2.70. The summed E-state index contributed by atoms with van der Waals surface area (Å²) in [5.74, 6) is 0.193. The molecule has 3 fully saturated rings. The minimum Gasteiger partial charge on any atom is -0.373 e. The van der Waals surface area contributed by atoms with Crippen LogP contribution in [0.25, 0.3) is 0 Å². The summed E-state index contributed by atoms with van der Waals surface area (Å²) < 4.78 is 6.25. The molecule has 0 aromatic carbocycles. The zero-order chi connectivity index (χ0) is 15.0. The molecule has 0 radical (unpaired) electrons. The molecule has 4 rings (SSSR count). The zero-order valence-electron chi connectivity index (χ0n) is 13.0. The average Bonchev–Trinajstić information content (AvgIpc) is 3.29. The van der Waals surface area contributed by atoms with Gasteiger partial charge in [0, 0.05) is 19.1 Å². The van der Waals surface area contributed by atoms with Crippen LogP contribution in [0.15, 0.2) is 17.5 Å². The Balaban J connectivity index is 1.35. The van der Waals surface area contributed by atoms with E-state index in [0.717, 1.165) is 43.8 Å². The van der Waals surface area contributed by atoms with Gasteiger partial charge < -0.3 is 9.64 Å². The topological polar surface area (TPSA) is 32.8 Å². The first kappa shape index (κ1) is 14.7. The summed E-state index contributed by atoms with van der Waals surface area (Å²) in [5.41, 5.74) is 0.0412. The smallest absolute Gasteiger partial charge is 0.263 e. The second kappa shape index (κ2) is 5.95. The molecule has 1 aromatic heterocycles. The molecule has 0 N–H and O–H groups in total. The van der Waals surface area contributed by atoms with E-state index < -0.39 is 0 Å². The Labute approximate surface area is 136 Å². The van der Waals surface area contributed by atoms with Gasteiger partial charge in [0.1, 0.15) is 0 Å². The van der Waals surface area contributed by atoms with Crippen molar-refractivity contribution in [3.63, 3.8) is 0 Å².